The van der Waals surface area contributed by atoms with Crippen molar-refractivity contribution in [2.75, 3.05) is 32.7 Å². The quantitative estimate of drug-likeness (QED) is 0.779. The third-order valence-corrected chi connectivity index (χ3v) is 5.36. The molecule has 2 amide bonds. The molecule has 24 heavy (non-hydrogen) atoms. The van der Waals surface area contributed by atoms with Crippen molar-refractivity contribution in [1.82, 2.24) is 15.1 Å². The van der Waals surface area contributed by atoms with Crippen molar-refractivity contribution in [3.05, 3.63) is 0 Å². The Morgan fingerprint density at radius 2 is 1.67 bits per heavy atom. The van der Waals surface area contributed by atoms with Crippen molar-refractivity contribution in [2.45, 2.75) is 59.1 Å². The van der Waals surface area contributed by atoms with Crippen LogP contribution in [0, 0.1) is 11.3 Å². The van der Waals surface area contributed by atoms with Gasteiger partial charge >= 0.3 is 0 Å². The highest BCUT2D eigenvalue weighted by molar-refractivity contribution is 5.91. The minimum atomic E-state index is -0.765. The lowest BCUT2D eigenvalue weighted by Crippen LogP contribution is -2.62. The highest BCUT2D eigenvalue weighted by Gasteiger charge is 2.49. The first-order valence-electron chi connectivity index (χ1n) is 9.02. The van der Waals surface area contributed by atoms with E-state index in [0.717, 1.165) is 25.9 Å². The van der Waals surface area contributed by atoms with Gasteiger partial charge in [0.05, 0.1) is 6.10 Å². The topological polar surface area (TPSA) is 72.9 Å². The van der Waals surface area contributed by atoms with Gasteiger partial charge in [-0.15, -0.1) is 0 Å². The molecular weight excluding hydrogens is 306 g/mol. The fraction of sp³-hybridized carbons (Fsp3) is 0.889. The van der Waals surface area contributed by atoms with Crippen LogP contribution in [0.3, 0.4) is 0 Å². The normalized spacial score (nSPS) is 23.5. The van der Waals surface area contributed by atoms with Gasteiger partial charge in [0.25, 0.3) is 0 Å². The van der Waals surface area contributed by atoms with E-state index in [1.165, 1.54) is 6.92 Å². The van der Waals surface area contributed by atoms with Crippen LogP contribution in [0.1, 0.15) is 47.5 Å². The van der Waals surface area contributed by atoms with Gasteiger partial charge in [0.15, 0.2) is 0 Å². The lowest BCUT2D eigenvalue weighted by molar-refractivity contribution is -0.143. The number of piperazine rings is 1. The lowest BCUT2D eigenvalue weighted by atomic mass is 9.88. The van der Waals surface area contributed by atoms with Crippen LogP contribution < -0.4 is 5.32 Å². The molecule has 1 aliphatic carbocycles. The zero-order valence-corrected chi connectivity index (χ0v) is 15.8. The third kappa shape index (κ3) is 4.48. The molecule has 0 radical (unpaired) electrons. The Morgan fingerprint density at radius 1 is 1.12 bits per heavy atom. The number of nitrogens with one attached hydrogen (secondary N) is 1. The molecule has 0 aromatic carbocycles. The van der Waals surface area contributed by atoms with Crippen LogP contribution in [0.4, 0.5) is 0 Å². The number of aliphatic hydroxyl groups is 1. The molecule has 6 nitrogen and oxygen atoms in total. The zero-order chi connectivity index (χ0) is 18.1. The summed E-state index contributed by atoms with van der Waals surface area (Å²) in [6.45, 7) is 12.9. The Bertz CT molecular complexity index is 476. The van der Waals surface area contributed by atoms with Crippen molar-refractivity contribution in [1.29, 1.82) is 0 Å². The zero-order valence-electron chi connectivity index (χ0n) is 15.8. The molecule has 6 heteroatoms. The Kier molecular flexibility index (Phi) is 5.60. The van der Waals surface area contributed by atoms with Gasteiger partial charge in [0.2, 0.25) is 11.8 Å². The molecule has 2 atom stereocenters. The number of amides is 2. The number of hydrogen-bond acceptors (Lipinski definition) is 4. The minimum Gasteiger partial charge on any atom is -0.391 e. The Balaban J connectivity index is 1.91. The molecule has 0 spiro atoms. The van der Waals surface area contributed by atoms with E-state index in [1.807, 2.05) is 32.6 Å². The summed E-state index contributed by atoms with van der Waals surface area (Å²) >= 11 is 0. The lowest BCUT2D eigenvalue weighted by Gasteiger charge is -2.41. The minimum absolute atomic E-state index is 0.0382. The van der Waals surface area contributed by atoms with E-state index in [9.17, 15) is 14.7 Å². The maximum atomic E-state index is 13.0. The van der Waals surface area contributed by atoms with E-state index in [2.05, 4.69) is 10.2 Å². The fourth-order valence-electron chi connectivity index (χ4n) is 3.34. The molecule has 1 saturated heterocycles. The van der Waals surface area contributed by atoms with Gasteiger partial charge in [-0.2, -0.15) is 0 Å². The molecule has 2 fully saturated rings. The molecule has 1 saturated carbocycles. The molecular formula is C18H33N3O3. The van der Waals surface area contributed by atoms with Crippen LogP contribution in [0.2, 0.25) is 0 Å². The van der Waals surface area contributed by atoms with Gasteiger partial charge in [-0.05, 0) is 31.1 Å². The van der Waals surface area contributed by atoms with E-state index in [-0.39, 0.29) is 29.3 Å². The standard InChI is InChI=1S/C18H33N3O3/c1-13(22)19-18(5,14-6-7-14)16(24)21-10-8-20(9-11-21)12-15(23)17(2,3)4/h14-15,23H,6-12H2,1-5H3,(H,19,22)/t15-,18+/m1/s1. The van der Waals surface area contributed by atoms with Crippen LogP contribution in [0.15, 0.2) is 0 Å². The summed E-state index contributed by atoms with van der Waals surface area (Å²) in [7, 11) is 0. The molecule has 2 aliphatic rings. The first kappa shape index (κ1) is 19.2. The second-order valence-electron chi connectivity index (χ2n) is 8.63. The number of hydrogen-bond donors (Lipinski definition) is 2. The smallest absolute Gasteiger partial charge is 0.248 e. The maximum absolute atomic E-state index is 13.0. The van der Waals surface area contributed by atoms with Crippen LogP contribution in [-0.4, -0.2) is 71.1 Å². The summed E-state index contributed by atoms with van der Waals surface area (Å²) in [5.41, 5.74) is -0.901. The van der Waals surface area contributed by atoms with E-state index in [1.54, 1.807) is 0 Å². The fourth-order valence-corrected chi connectivity index (χ4v) is 3.34. The number of carbonyl (C=O) groups excluding carboxylic acids is 2. The maximum Gasteiger partial charge on any atom is 0.248 e. The summed E-state index contributed by atoms with van der Waals surface area (Å²) in [5.74, 6) is 0.149. The molecule has 2 N–H and O–H groups in total. The number of β-amino-alcohol motifs (C(OH)–C–C–N with tert-alkyl or cyclic N) is 1. The molecule has 0 aromatic rings. The van der Waals surface area contributed by atoms with Gasteiger partial charge in [-0.1, -0.05) is 20.8 Å². The van der Waals surface area contributed by atoms with Gasteiger partial charge in [-0.25, -0.2) is 0 Å². The average molecular weight is 339 g/mol. The van der Waals surface area contributed by atoms with Crippen LogP contribution in [0.25, 0.3) is 0 Å². The van der Waals surface area contributed by atoms with Crippen molar-refractivity contribution < 1.29 is 14.7 Å². The second-order valence-corrected chi connectivity index (χ2v) is 8.63. The molecule has 1 heterocycles. The molecule has 0 aromatic heterocycles. The number of carbonyl (C=O) groups is 2. The third-order valence-electron chi connectivity index (χ3n) is 5.36. The Morgan fingerprint density at radius 3 is 2.08 bits per heavy atom. The summed E-state index contributed by atoms with van der Waals surface area (Å²) in [6.07, 6.45) is 1.62. The van der Waals surface area contributed by atoms with Crippen LogP contribution in [-0.2, 0) is 9.59 Å². The van der Waals surface area contributed by atoms with Crippen molar-refractivity contribution in [2.24, 2.45) is 11.3 Å². The highest BCUT2D eigenvalue weighted by Crippen LogP contribution is 2.40. The van der Waals surface area contributed by atoms with E-state index in [4.69, 9.17) is 0 Å². The van der Waals surface area contributed by atoms with E-state index < -0.39 is 5.54 Å². The Labute approximate surface area is 145 Å². The first-order chi connectivity index (χ1) is 11.0. The molecule has 2 rings (SSSR count). The average Bonchev–Trinajstić information content (AvgIpc) is 3.30. The number of aliphatic hydroxyl groups excluding tert-OH is 1. The first-order valence-corrected chi connectivity index (χ1v) is 9.02. The van der Waals surface area contributed by atoms with Crippen LogP contribution in [0.5, 0.6) is 0 Å². The summed E-state index contributed by atoms with van der Waals surface area (Å²) in [6, 6.07) is 0. The monoisotopic (exact) mass is 339 g/mol. The largest absolute Gasteiger partial charge is 0.391 e. The summed E-state index contributed by atoms with van der Waals surface area (Å²) in [4.78, 5) is 28.6. The number of rotatable bonds is 5. The SMILES string of the molecule is CC(=O)N[C@](C)(C(=O)N1CCN(C[C@@H](O)C(C)(C)C)CC1)C1CC1. The van der Waals surface area contributed by atoms with Gasteiger partial charge < -0.3 is 15.3 Å². The van der Waals surface area contributed by atoms with Gasteiger partial charge in [-0.3, -0.25) is 14.5 Å². The van der Waals surface area contributed by atoms with Gasteiger partial charge in [0, 0.05) is 39.6 Å². The van der Waals surface area contributed by atoms with Crippen LogP contribution >= 0.6 is 0 Å². The molecule has 138 valence electrons. The van der Waals surface area contributed by atoms with Crippen molar-refractivity contribution in [3.8, 4) is 0 Å². The van der Waals surface area contributed by atoms with Crippen molar-refractivity contribution in [3.63, 3.8) is 0 Å². The Hall–Kier alpha value is -1.14. The highest BCUT2D eigenvalue weighted by atomic mass is 16.3. The summed E-state index contributed by atoms with van der Waals surface area (Å²) in [5, 5.41) is 13.1. The molecule has 0 unspecified atom stereocenters. The van der Waals surface area contributed by atoms with Crippen molar-refractivity contribution >= 4 is 11.8 Å². The molecule has 0 bridgehead atoms. The van der Waals surface area contributed by atoms with E-state index >= 15 is 0 Å². The predicted octanol–water partition coefficient (Wildman–Crippen LogP) is 0.842. The molecule has 1 aliphatic heterocycles. The number of nitrogens with zero attached hydrogens (tertiary/aromatic N) is 2. The van der Waals surface area contributed by atoms with Gasteiger partial charge in [0.1, 0.15) is 5.54 Å². The summed E-state index contributed by atoms with van der Waals surface area (Å²) < 4.78 is 0. The second kappa shape index (κ2) is 7.00. The van der Waals surface area contributed by atoms with E-state index in [0.29, 0.717) is 19.6 Å². The predicted molar refractivity (Wildman–Crippen MR) is 93.4 cm³/mol.